The maximum atomic E-state index is 12.3. The van der Waals surface area contributed by atoms with E-state index in [9.17, 15) is 13.2 Å². The SMILES string of the molecule is CC(=O)Nc1ccc(S(=O)(=O)NCCc2nnc(-c3ccccn3)o2)cc1. The first-order valence-electron chi connectivity index (χ1n) is 8.05. The molecule has 1 aromatic carbocycles. The Morgan fingerprint density at radius 3 is 2.56 bits per heavy atom. The van der Waals surface area contributed by atoms with E-state index in [1.807, 2.05) is 0 Å². The van der Waals surface area contributed by atoms with E-state index in [0.717, 1.165) is 0 Å². The van der Waals surface area contributed by atoms with Crippen LogP contribution in [0.3, 0.4) is 0 Å². The molecule has 0 fully saturated rings. The van der Waals surface area contributed by atoms with Gasteiger partial charge in [0.15, 0.2) is 0 Å². The van der Waals surface area contributed by atoms with Crippen LogP contribution in [-0.4, -0.2) is 36.1 Å². The van der Waals surface area contributed by atoms with Crippen LogP contribution in [0.5, 0.6) is 0 Å². The molecule has 9 nitrogen and oxygen atoms in total. The monoisotopic (exact) mass is 387 g/mol. The molecular weight excluding hydrogens is 370 g/mol. The summed E-state index contributed by atoms with van der Waals surface area (Å²) >= 11 is 0. The van der Waals surface area contributed by atoms with Crippen molar-refractivity contribution in [3.63, 3.8) is 0 Å². The molecule has 0 saturated heterocycles. The maximum absolute atomic E-state index is 12.3. The van der Waals surface area contributed by atoms with Crippen LogP contribution >= 0.6 is 0 Å². The van der Waals surface area contributed by atoms with Gasteiger partial charge in [0.05, 0.1) is 4.90 Å². The highest BCUT2D eigenvalue weighted by atomic mass is 32.2. The minimum Gasteiger partial charge on any atom is -0.419 e. The van der Waals surface area contributed by atoms with Crippen LogP contribution in [0.2, 0.25) is 0 Å². The van der Waals surface area contributed by atoms with Crippen LogP contribution < -0.4 is 10.0 Å². The summed E-state index contributed by atoms with van der Waals surface area (Å²) in [6, 6.07) is 11.2. The average molecular weight is 387 g/mol. The number of nitrogens with zero attached hydrogens (tertiary/aromatic N) is 3. The number of benzene rings is 1. The molecule has 3 rings (SSSR count). The zero-order valence-electron chi connectivity index (χ0n) is 14.4. The van der Waals surface area contributed by atoms with Crippen LogP contribution in [0.25, 0.3) is 11.6 Å². The first kappa shape index (κ1) is 18.7. The molecule has 3 aromatic rings. The van der Waals surface area contributed by atoms with E-state index in [1.54, 1.807) is 24.4 Å². The van der Waals surface area contributed by atoms with Gasteiger partial charge in [0, 0.05) is 31.8 Å². The third kappa shape index (κ3) is 4.96. The Balaban J connectivity index is 1.58. The first-order valence-corrected chi connectivity index (χ1v) is 9.53. The van der Waals surface area contributed by atoms with Crippen LogP contribution in [0.4, 0.5) is 5.69 Å². The Morgan fingerprint density at radius 2 is 1.89 bits per heavy atom. The number of hydrogen-bond donors (Lipinski definition) is 2. The Bertz CT molecular complexity index is 1020. The molecule has 0 atom stereocenters. The van der Waals surface area contributed by atoms with Crippen molar-refractivity contribution >= 4 is 21.6 Å². The van der Waals surface area contributed by atoms with Crippen LogP contribution in [-0.2, 0) is 21.2 Å². The molecule has 0 aliphatic rings. The van der Waals surface area contributed by atoms with Crippen LogP contribution in [0.15, 0.2) is 58.0 Å². The molecule has 10 heteroatoms. The molecule has 2 N–H and O–H groups in total. The van der Waals surface area contributed by atoms with Gasteiger partial charge in [-0.3, -0.25) is 9.78 Å². The molecular formula is C17H17N5O4S. The fourth-order valence-corrected chi connectivity index (χ4v) is 3.28. The zero-order chi connectivity index (χ0) is 19.3. The van der Waals surface area contributed by atoms with Crippen molar-refractivity contribution in [2.45, 2.75) is 18.2 Å². The fraction of sp³-hybridized carbons (Fsp3) is 0.176. The molecule has 0 unspecified atom stereocenters. The van der Waals surface area contributed by atoms with E-state index in [-0.39, 0.29) is 29.7 Å². The van der Waals surface area contributed by atoms with Gasteiger partial charge in [0.25, 0.3) is 5.89 Å². The summed E-state index contributed by atoms with van der Waals surface area (Å²) in [7, 11) is -3.69. The molecule has 0 spiro atoms. The van der Waals surface area contributed by atoms with E-state index in [0.29, 0.717) is 17.3 Å². The second-order valence-electron chi connectivity index (χ2n) is 5.57. The van der Waals surface area contributed by atoms with Gasteiger partial charge < -0.3 is 9.73 Å². The maximum Gasteiger partial charge on any atom is 0.266 e. The van der Waals surface area contributed by atoms with Gasteiger partial charge >= 0.3 is 0 Å². The smallest absolute Gasteiger partial charge is 0.266 e. The Kier molecular flexibility index (Phi) is 5.57. The highest BCUT2D eigenvalue weighted by Gasteiger charge is 2.15. The second kappa shape index (κ2) is 8.06. The molecule has 0 radical (unpaired) electrons. The third-order valence-corrected chi connectivity index (χ3v) is 4.94. The van der Waals surface area contributed by atoms with Gasteiger partial charge in [0.1, 0.15) is 5.69 Å². The van der Waals surface area contributed by atoms with E-state index >= 15 is 0 Å². The predicted octanol–water partition coefficient (Wildman–Crippen LogP) is 1.61. The summed E-state index contributed by atoms with van der Waals surface area (Å²) in [5.41, 5.74) is 1.07. The normalized spacial score (nSPS) is 11.3. The number of sulfonamides is 1. The molecule has 2 heterocycles. The Hall–Kier alpha value is -3.11. The number of aromatic nitrogens is 3. The molecule has 0 aliphatic heterocycles. The summed E-state index contributed by atoms with van der Waals surface area (Å²) in [5.74, 6) is 0.356. The van der Waals surface area contributed by atoms with E-state index in [1.165, 1.54) is 31.2 Å². The molecule has 0 saturated carbocycles. The van der Waals surface area contributed by atoms with Gasteiger partial charge in [-0.05, 0) is 36.4 Å². The predicted molar refractivity (Wildman–Crippen MR) is 97.2 cm³/mol. The highest BCUT2D eigenvalue weighted by Crippen LogP contribution is 2.15. The standard InChI is InChI=1S/C17H17N5O4S/c1-12(23)20-13-5-7-14(8-6-13)27(24,25)19-11-9-16-21-22-17(26-16)15-4-2-3-10-18-15/h2-8,10,19H,9,11H2,1H3,(H,20,23). The molecule has 27 heavy (non-hydrogen) atoms. The largest absolute Gasteiger partial charge is 0.419 e. The van der Waals surface area contributed by atoms with Crippen molar-refractivity contribution in [1.82, 2.24) is 19.9 Å². The minimum atomic E-state index is -3.69. The van der Waals surface area contributed by atoms with Crippen molar-refractivity contribution in [1.29, 1.82) is 0 Å². The van der Waals surface area contributed by atoms with E-state index < -0.39 is 10.0 Å². The van der Waals surface area contributed by atoms with Gasteiger partial charge in [-0.15, -0.1) is 10.2 Å². The third-order valence-electron chi connectivity index (χ3n) is 3.47. The van der Waals surface area contributed by atoms with Crippen molar-refractivity contribution < 1.29 is 17.6 Å². The number of carbonyl (C=O) groups excluding carboxylic acids is 1. The molecule has 0 bridgehead atoms. The molecule has 0 aliphatic carbocycles. The lowest BCUT2D eigenvalue weighted by Gasteiger charge is -2.07. The van der Waals surface area contributed by atoms with Crippen molar-refractivity contribution in [3.05, 3.63) is 54.6 Å². The summed E-state index contributed by atoms with van der Waals surface area (Å²) in [5, 5.41) is 10.4. The van der Waals surface area contributed by atoms with Crippen LogP contribution in [0, 0.1) is 0 Å². The quantitative estimate of drug-likeness (QED) is 0.630. The number of carbonyl (C=O) groups is 1. The van der Waals surface area contributed by atoms with Crippen molar-refractivity contribution in [2.24, 2.45) is 0 Å². The molecule has 140 valence electrons. The first-order chi connectivity index (χ1) is 12.9. The number of anilines is 1. The minimum absolute atomic E-state index is 0.0938. The lowest BCUT2D eigenvalue weighted by atomic mass is 10.3. The summed E-state index contributed by atoms with van der Waals surface area (Å²) < 4.78 is 32.6. The zero-order valence-corrected chi connectivity index (χ0v) is 15.2. The average Bonchev–Trinajstić information content (AvgIpc) is 3.11. The second-order valence-corrected chi connectivity index (χ2v) is 7.34. The van der Waals surface area contributed by atoms with Gasteiger partial charge in [-0.1, -0.05) is 6.07 Å². The number of amides is 1. The van der Waals surface area contributed by atoms with Gasteiger partial charge in [-0.25, -0.2) is 13.1 Å². The number of nitrogens with one attached hydrogen (secondary N) is 2. The summed E-state index contributed by atoms with van der Waals surface area (Å²) in [6.07, 6.45) is 1.85. The van der Waals surface area contributed by atoms with Crippen LogP contribution in [0.1, 0.15) is 12.8 Å². The van der Waals surface area contributed by atoms with Gasteiger partial charge in [0.2, 0.25) is 21.8 Å². The topological polar surface area (TPSA) is 127 Å². The summed E-state index contributed by atoms with van der Waals surface area (Å²) in [6.45, 7) is 1.47. The molecule has 1 amide bonds. The lowest BCUT2D eigenvalue weighted by molar-refractivity contribution is -0.114. The lowest BCUT2D eigenvalue weighted by Crippen LogP contribution is -2.26. The highest BCUT2D eigenvalue weighted by molar-refractivity contribution is 7.89. The molecule has 2 aromatic heterocycles. The number of hydrogen-bond acceptors (Lipinski definition) is 7. The number of pyridine rings is 1. The van der Waals surface area contributed by atoms with Crippen molar-refractivity contribution in [3.8, 4) is 11.6 Å². The Morgan fingerprint density at radius 1 is 1.11 bits per heavy atom. The van der Waals surface area contributed by atoms with E-state index in [2.05, 4.69) is 25.2 Å². The Labute approximate surface area is 155 Å². The fourth-order valence-electron chi connectivity index (χ4n) is 2.24. The van der Waals surface area contributed by atoms with Gasteiger partial charge in [-0.2, -0.15) is 0 Å². The van der Waals surface area contributed by atoms with Crippen molar-refractivity contribution in [2.75, 3.05) is 11.9 Å². The summed E-state index contributed by atoms with van der Waals surface area (Å²) in [4.78, 5) is 15.2. The number of rotatable bonds is 7. The van der Waals surface area contributed by atoms with E-state index in [4.69, 9.17) is 4.42 Å².